The summed E-state index contributed by atoms with van der Waals surface area (Å²) in [7, 11) is 1.50. The molecule has 0 aromatic heterocycles. The van der Waals surface area contributed by atoms with E-state index in [9.17, 15) is 9.59 Å². The summed E-state index contributed by atoms with van der Waals surface area (Å²) in [6, 6.07) is 11.0. The normalized spacial score (nSPS) is 12.5. The number of ketones is 1. The van der Waals surface area contributed by atoms with Crippen molar-refractivity contribution in [3.63, 3.8) is 0 Å². The average Bonchev–Trinajstić information content (AvgIpc) is 3.12. The number of thioether (sulfide) groups is 1. The summed E-state index contributed by atoms with van der Waals surface area (Å²) in [4.78, 5) is 25.1. The molecule has 0 heterocycles. The summed E-state index contributed by atoms with van der Waals surface area (Å²) < 4.78 is 10.1. The molecule has 0 unspecified atom stereocenters. The second kappa shape index (κ2) is 8.60. The molecule has 0 atom stereocenters. The molecule has 1 aliphatic carbocycles. The Morgan fingerprint density at radius 2 is 1.92 bits per heavy atom. The van der Waals surface area contributed by atoms with Crippen LogP contribution in [0.3, 0.4) is 0 Å². The summed E-state index contributed by atoms with van der Waals surface area (Å²) in [6.07, 6.45) is 3.44. The summed E-state index contributed by atoms with van der Waals surface area (Å²) in [6.45, 7) is -0.299. The van der Waals surface area contributed by atoms with Crippen LogP contribution in [0.25, 0.3) is 0 Å². The standard InChI is InChI=1S/C20H19ClO4S/c1-24-19-8-6-15(10-17(19)21)18(22)11-25-20(23)12-26-16-7-5-13-3-2-4-14(13)9-16/h5-10H,2-4,11-12H2,1H3. The maximum atomic E-state index is 12.1. The van der Waals surface area contributed by atoms with E-state index in [0.29, 0.717) is 16.3 Å². The van der Waals surface area contributed by atoms with Gasteiger partial charge < -0.3 is 9.47 Å². The van der Waals surface area contributed by atoms with E-state index >= 15 is 0 Å². The second-order valence-corrected chi connectivity index (χ2v) is 7.46. The Bertz CT molecular complexity index is 835. The smallest absolute Gasteiger partial charge is 0.316 e. The molecule has 4 nitrogen and oxygen atoms in total. The first-order chi connectivity index (χ1) is 12.6. The number of ether oxygens (including phenoxy) is 2. The van der Waals surface area contributed by atoms with Crippen LogP contribution in [-0.2, 0) is 22.4 Å². The van der Waals surface area contributed by atoms with Crippen molar-refractivity contribution >= 4 is 35.1 Å². The Kier molecular flexibility index (Phi) is 6.22. The molecule has 0 saturated heterocycles. The van der Waals surface area contributed by atoms with E-state index in [-0.39, 0.29) is 18.1 Å². The van der Waals surface area contributed by atoms with Crippen molar-refractivity contribution in [3.05, 3.63) is 58.1 Å². The number of rotatable bonds is 7. The summed E-state index contributed by atoms with van der Waals surface area (Å²) in [5.41, 5.74) is 3.16. The highest BCUT2D eigenvalue weighted by atomic mass is 35.5. The van der Waals surface area contributed by atoms with Gasteiger partial charge in [-0.3, -0.25) is 9.59 Å². The zero-order valence-electron chi connectivity index (χ0n) is 14.4. The molecule has 0 spiro atoms. The van der Waals surface area contributed by atoms with E-state index in [0.717, 1.165) is 17.7 Å². The molecule has 1 aliphatic rings. The molecule has 26 heavy (non-hydrogen) atoms. The number of carbonyl (C=O) groups is 2. The highest BCUT2D eigenvalue weighted by Crippen LogP contribution is 2.28. The predicted molar refractivity (Wildman–Crippen MR) is 102 cm³/mol. The van der Waals surface area contributed by atoms with Gasteiger partial charge in [-0.15, -0.1) is 11.8 Å². The monoisotopic (exact) mass is 390 g/mol. The van der Waals surface area contributed by atoms with Crippen LogP contribution in [-0.4, -0.2) is 31.2 Å². The van der Waals surface area contributed by atoms with E-state index < -0.39 is 5.97 Å². The first-order valence-electron chi connectivity index (χ1n) is 8.34. The number of fused-ring (bicyclic) bond motifs is 1. The van der Waals surface area contributed by atoms with Crippen molar-refractivity contribution < 1.29 is 19.1 Å². The molecule has 0 fully saturated rings. The van der Waals surface area contributed by atoms with Crippen LogP contribution >= 0.6 is 23.4 Å². The van der Waals surface area contributed by atoms with E-state index in [4.69, 9.17) is 21.1 Å². The van der Waals surface area contributed by atoms with Crippen LogP contribution in [0.4, 0.5) is 0 Å². The van der Waals surface area contributed by atoms with Crippen molar-refractivity contribution in [1.29, 1.82) is 0 Å². The van der Waals surface area contributed by atoms with Gasteiger partial charge in [-0.2, -0.15) is 0 Å². The van der Waals surface area contributed by atoms with Crippen molar-refractivity contribution in [2.24, 2.45) is 0 Å². The Hall–Kier alpha value is -1.98. The van der Waals surface area contributed by atoms with Gasteiger partial charge in [0.1, 0.15) is 5.75 Å². The van der Waals surface area contributed by atoms with Gasteiger partial charge in [0.2, 0.25) is 0 Å². The first kappa shape index (κ1) is 18.8. The highest BCUT2D eigenvalue weighted by molar-refractivity contribution is 8.00. The number of benzene rings is 2. The van der Waals surface area contributed by atoms with Crippen LogP contribution < -0.4 is 4.74 Å². The zero-order valence-corrected chi connectivity index (χ0v) is 16.0. The third-order valence-corrected chi connectivity index (χ3v) is 5.53. The van der Waals surface area contributed by atoms with Crippen LogP contribution in [0, 0.1) is 0 Å². The lowest BCUT2D eigenvalue weighted by atomic mass is 10.1. The fourth-order valence-corrected chi connectivity index (χ4v) is 3.91. The average molecular weight is 391 g/mol. The number of aryl methyl sites for hydroxylation is 2. The summed E-state index contributed by atoms with van der Waals surface area (Å²) in [5, 5.41) is 0.344. The van der Waals surface area contributed by atoms with Crippen LogP contribution in [0.2, 0.25) is 5.02 Å². The molecule has 0 amide bonds. The van der Waals surface area contributed by atoms with Crippen LogP contribution in [0.1, 0.15) is 27.9 Å². The number of carbonyl (C=O) groups excluding carboxylic acids is 2. The van der Waals surface area contributed by atoms with Gasteiger partial charge in [-0.05, 0) is 60.7 Å². The molecule has 0 saturated carbocycles. The Balaban J connectivity index is 1.48. The number of esters is 1. The minimum atomic E-state index is -0.413. The lowest BCUT2D eigenvalue weighted by molar-refractivity contribution is -0.139. The lowest BCUT2D eigenvalue weighted by Crippen LogP contribution is -2.15. The fourth-order valence-electron chi connectivity index (χ4n) is 2.89. The number of Topliss-reactive ketones (excluding diaryl/α,β-unsaturated/α-hetero) is 1. The molecule has 136 valence electrons. The van der Waals surface area contributed by atoms with Gasteiger partial charge in [0, 0.05) is 10.5 Å². The minimum Gasteiger partial charge on any atom is -0.495 e. The van der Waals surface area contributed by atoms with E-state index in [1.165, 1.54) is 42.5 Å². The van der Waals surface area contributed by atoms with Crippen LogP contribution in [0.5, 0.6) is 5.75 Å². The minimum absolute atomic E-state index is 0.176. The third-order valence-electron chi connectivity index (χ3n) is 4.26. The molecule has 3 rings (SSSR count). The molecule has 0 N–H and O–H groups in total. The van der Waals surface area contributed by atoms with Crippen molar-refractivity contribution in [1.82, 2.24) is 0 Å². The largest absolute Gasteiger partial charge is 0.495 e. The maximum absolute atomic E-state index is 12.1. The molecule has 2 aromatic carbocycles. The molecule has 0 radical (unpaired) electrons. The molecule has 0 aliphatic heterocycles. The summed E-state index contributed by atoms with van der Waals surface area (Å²) in [5.74, 6) is -0.0463. The topological polar surface area (TPSA) is 52.6 Å². The van der Waals surface area contributed by atoms with Crippen molar-refractivity contribution in [2.75, 3.05) is 19.5 Å². The maximum Gasteiger partial charge on any atom is 0.316 e. The number of hydrogen-bond donors (Lipinski definition) is 0. The number of hydrogen-bond acceptors (Lipinski definition) is 5. The SMILES string of the molecule is COc1ccc(C(=O)COC(=O)CSc2ccc3c(c2)CCC3)cc1Cl. The van der Waals surface area contributed by atoms with E-state index in [1.54, 1.807) is 12.1 Å². The Labute approximate surface area is 161 Å². The molecule has 2 aromatic rings. The first-order valence-corrected chi connectivity index (χ1v) is 9.70. The van der Waals surface area contributed by atoms with E-state index in [1.807, 2.05) is 6.07 Å². The molecule has 6 heteroatoms. The van der Waals surface area contributed by atoms with Crippen molar-refractivity contribution in [3.8, 4) is 5.75 Å². The Morgan fingerprint density at radius 1 is 1.12 bits per heavy atom. The van der Waals surface area contributed by atoms with Crippen LogP contribution in [0.15, 0.2) is 41.3 Å². The third kappa shape index (κ3) is 4.59. The van der Waals surface area contributed by atoms with Gasteiger partial charge >= 0.3 is 5.97 Å². The fraction of sp³-hybridized carbons (Fsp3) is 0.300. The predicted octanol–water partition coefficient (Wildman–Crippen LogP) is 4.36. The number of methoxy groups -OCH3 is 1. The van der Waals surface area contributed by atoms with Crippen molar-refractivity contribution in [2.45, 2.75) is 24.2 Å². The number of halogens is 1. The zero-order chi connectivity index (χ0) is 18.5. The van der Waals surface area contributed by atoms with Gasteiger partial charge in [0.15, 0.2) is 12.4 Å². The van der Waals surface area contributed by atoms with Gasteiger partial charge in [0.05, 0.1) is 17.9 Å². The Morgan fingerprint density at radius 3 is 2.69 bits per heavy atom. The second-order valence-electron chi connectivity index (χ2n) is 6.01. The molecule has 0 bridgehead atoms. The summed E-state index contributed by atoms with van der Waals surface area (Å²) >= 11 is 7.43. The van der Waals surface area contributed by atoms with Gasteiger partial charge in [-0.25, -0.2) is 0 Å². The highest BCUT2D eigenvalue weighted by Gasteiger charge is 2.14. The quantitative estimate of drug-likeness (QED) is 0.399. The van der Waals surface area contributed by atoms with Gasteiger partial charge in [-0.1, -0.05) is 17.7 Å². The lowest BCUT2D eigenvalue weighted by Gasteiger charge is -2.07. The van der Waals surface area contributed by atoms with Gasteiger partial charge in [0.25, 0.3) is 0 Å². The van der Waals surface area contributed by atoms with E-state index in [2.05, 4.69) is 12.1 Å². The molecular formula is C20H19ClO4S. The molecular weight excluding hydrogens is 372 g/mol.